The Morgan fingerprint density at radius 1 is 1.65 bits per heavy atom. The number of carbonyl (C=O) groups excluding carboxylic acids is 1. The maximum absolute atomic E-state index is 11.6. The largest absolute Gasteiger partial charge is 0.466 e. The summed E-state index contributed by atoms with van der Waals surface area (Å²) >= 11 is 1.68. The van der Waals surface area contributed by atoms with Crippen molar-refractivity contribution in [1.82, 2.24) is 4.98 Å². The Morgan fingerprint density at radius 3 is 3.00 bits per heavy atom. The fourth-order valence-corrected chi connectivity index (χ4v) is 2.87. The molecule has 0 fully saturated rings. The van der Waals surface area contributed by atoms with Crippen molar-refractivity contribution in [2.45, 2.75) is 33.1 Å². The van der Waals surface area contributed by atoms with Crippen LogP contribution in [0.3, 0.4) is 0 Å². The molecule has 1 heterocycles. The van der Waals surface area contributed by atoms with E-state index in [1.807, 2.05) is 13.8 Å². The molecule has 0 radical (unpaired) electrons. The first-order chi connectivity index (χ1) is 8.20. The second-order valence-corrected chi connectivity index (χ2v) is 5.10. The van der Waals surface area contributed by atoms with Crippen LogP contribution in [0.2, 0.25) is 0 Å². The Bertz CT molecular complexity index is 436. The van der Waals surface area contributed by atoms with E-state index < -0.39 is 0 Å². The van der Waals surface area contributed by atoms with E-state index in [1.165, 1.54) is 5.57 Å². The van der Waals surface area contributed by atoms with Crippen LogP contribution in [0, 0.1) is 12.8 Å². The van der Waals surface area contributed by atoms with E-state index in [4.69, 9.17) is 4.74 Å². The second kappa shape index (κ2) is 5.45. The van der Waals surface area contributed by atoms with Gasteiger partial charge in [0.2, 0.25) is 0 Å². The van der Waals surface area contributed by atoms with Crippen LogP contribution in [0.4, 0.5) is 0 Å². The average molecular weight is 251 g/mol. The highest BCUT2D eigenvalue weighted by Crippen LogP contribution is 2.32. The molecule has 1 aliphatic rings. The van der Waals surface area contributed by atoms with Crippen LogP contribution < -0.4 is 0 Å². The van der Waals surface area contributed by atoms with Crippen LogP contribution in [0.5, 0.6) is 0 Å². The minimum Gasteiger partial charge on any atom is -0.466 e. The number of nitrogens with zero attached hydrogens (tertiary/aromatic N) is 1. The van der Waals surface area contributed by atoms with Gasteiger partial charge < -0.3 is 4.74 Å². The monoisotopic (exact) mass is 251 g/mol. The fraction of sp³-hybridized carbons (Fsp3) is 0.538. The fourth-order valence-electron chi connectivity index (χ4n) is 2.00. The normalized spacial score (nSPS) is 19.9. The standard InChI is InChI=1S/C13H17NO2S/c1-3-16-13(15)11-6-4-10(5-7-11)12-14-9(2)8-17-12/h4,8,11H,3,5-7H2,1-2H3/t11-/m0/s1. The smallest absolute Gasteiger partial charge is 0.309 e. The molecule has 1 aromatic rings. The van der Waals surface area contributed by atoms with Crippen molar-refractivity contribution in [3.05, 3.63) is 22.2 Å². The molecule has 0 saturated heterocycles. The molecule has 0 spiro atoms. The van der Waals surface area contributed by atoms with Gasteiger partial charge in [-0.3, -0.25) is 4.79 Å². The first-order valence-electron chi connectivity index (χ1n) is 5.99. The Hall–Kier alpha value is -1.16. The SMILES string of the molecule is CCOC(=O)[C@H]1CC=C(c2nc(C)cs2)CC1. The number of aryl methyl sites for hydroxylation is 1. The maximum Gasteiger partial charge on any atom is 0.309 e. The lowest BCUT2D eigenvalue weighted by Crippen LogP contribution is -2.19. The lowest BCUT2D eigenvalue weighted by Gasteiger charge is -2.19. The number of esters is 1. The summed E-state index contributed by atoms with van der Waals surface area (Å²) in [5.74, 6) is -0.0159. The molecule has 2 rings (SSSR count). The van der Waals surface area contributed by atoms with Gasteiger partial charge in [-0.15, -0.1) is 11.3 Å². The summed E-state index contributed by atoms with van der Waals surface area (Å²) < 4.78 is 5.05. The first kappa shape index (κ1) is 12.3. The van der Waals surface area contributed by atoms with E-state index in [2.05, 4.69) is 16.4 Å². The quantitative estimate of drug-likeness (QED) is 0.774. The van der Waals surface area contributed by atoms with Crippen molar-refractivity contribution in [3.8, 4) is 0 Å². The van der Waals surface area contributed by atoms with E-state index in [9.17, 15) is 4.79 Å². The van der Waals surface area contributed by atoms with E-state index in [0.717, 1.165) is 30.0 Å². The predicted octanol–water partition coefficient (Wildman–Crippen LogP) is 3.20. The summed E-state index contributed by atoms with van der Waals surface area (Å²) in [6.45, 7) is 4.32. The van der Waals surface area contributed by atoms with Crippen LogP contribution in [0.1, 0.15) is 36.9 Å². The van der Waals surface area contributed by atoms with Crippen molar-refractivity contribution < 1.29 is 9.53 Å². The molecule has 0 N–H and O–H groups in total. The molecule has 1 aromatic heterocycles. The lowest BCUT2D eigenvalue weighted by molar-refractivity contribution is -0.148. The molecule has 0 saturated carbocycles. The molecule has 0 aromatic carbocycles. The summed E-state index contributed by atoms with van der Waals surface area (Å²) in [7, 11) is 0. The third-order valence-electron chi connectivity index (χ3n) is 2.92. The summed E-state index contributed by atoms with van der Waals surface area (Å²) in [4.78, 5) is 16.1. The zero-order valence-electron chi connectivity index (χ0n) is 10.2. The molecule has 4 heteroatoms. The van der Waals surface area contributed by atoms with Gasteiger partial charge in [-0.05, 0) is 38.7 Å². The van der Waals surface area contributed by atoms with E-state index >= 15 is 0 Å². The lowest BCUT2D eigenvalue weighted by atomic mass is 9.90. The van der Waals surface area contributed by atoms with Gasteiger partial charge in [0, 0.05) is 11.1 Å². The second-order valence-electron chi connectivity index (χ2n) is 4.25. The number of hydrogen-bond acceptors (Lipinski definition) is 4. The van der Waals surface area contributed by atoms with Gasteiger partial charge in [-0.25, -0.2) is 4.98 Å². The molecular weight excluding hydrogens is 234 g/mol. The summed E-state index contributed by atoms with van der Waals surface area (Å²) in [6.07, 6.45) is 4.73. The van der Waals surface area contributed by atoms with Gasteiger partial charge in [-0.1, -0.05) is 6.08 Å². The highest BCUT2D eigenvalue weighted by Gasteiger charge is 2.23. The number of ether oxygens (including phenoxy) is 1. The highest BCUT2D eigenvalue weighted by atomic mass is 32.1. The van der Waals surface area contributed by atoms with Crippen LogP contribution >= 0.6 is 11.3 Å². The van der Waals surface area contributed by atoms with Crippen molar-refractivity contribution in [2.75, 3.05) is 6.61 Å². The highest BCUT2D eigenvalue weighted by molar-refractivity contribution is 7.10. The first-order valence-corrected chi connectivity index (χ1v) is 6.87. The topological polar surface area (TPSA) is 39.2 Å². The van der Waals surface area contributed by atoms with Gasteiger partial charge in [-0.2, -0.15) is 0 Å². The molecule has 0 unspecified atom stereocenters. The third-order valence-corrected chi connectivity index (χ3v) is 3.96. The van der Waals surface area contributed by atoms with Crippen LogP contribution in [-0.2, 0) is 9.53 Å². The minimum absolute atomic E-state index is 0.0414. The average Bonchev–Trinajstić information content (AvgIpc) is 2.76. The molecular formula is C13H17NO2S. The Kier molecular flexibility index (Phi) is 3.94. The molecule has 1 atom stereocenters. The van der Waals surface area contributed by atoms with Crippen LogP contribution in [-0.4, -0.2) is 17.6 Å². The summed E-state index contributed by atoms with van der Waals surface area (Å²) in [6, 6.07) is 0. The summed E-state index contributed by atoms with van der Waals surface area (Å²) in [5.41, 5.74) is 2.35. The van der Waals surface area contributed by atoms with Gasteiger partial charge >= 0.3 is 5.97 Å². The third kappa shape index (κ3) is 2.94. The molecule has 92 valence electrons. The molecule has 17 heavy (non-hydrogen) atoms. The predicted molar refractivity (Wildman–Crippen MR) is 68.8 cm³/mol. The van der Waals surface area contributed by atoms with Crippen molar-refractivity contribution in [3.63, 3.8) is 0 Å². The zero-order chi connectivity index (χ0) is 12.3. The molecule has 0 aliphatic heterocycles. The number of aromatic nitrogens is 1. The molecule has 1 aliphatic carbocycles. The maximum atomic E-state index is 11.6. The van der Waals surface area contributed by atoms with E-state index in [1.54, 1.807) is 11.3 Å². The van der Waals surface area contributed by atoms with Crippen molar-refractivity contribution >= 4 is 22.9 Å². The van der Waals surface area contributed by atoms with Gasteiger partial charge in [0.15, 0.2) is 0 Å². The van der Waals surface area contributed by atoms with Crippen molar-refractivity contribution in [2.24, 2.45) is 5.92 Å². The Morgan fingerprint density at radius 2 is 2.47 bits per heavy atom. The van der Waals surface area contributed by atoms with Gasteiger partial charge in [0.25, 0.3) is 0 Å². The number of allylic oxidation sites excluding steroid dienone is 2. The number of hydrogen-bond donors (Lipinski definition) is 0. The van der Waals surface area contributed by atoms with Crippen molar-refractivity contribution in [1.29, 1.82) is 0 Å². The van der Waals surface area contributed by atoms with Gasteiger partial charge in [0.1, 0.15) is 5.01 Å². The van der Waals surface area contributed by atoms with Gasteiger partial charge in [0.05, 0.1) is 12.5 Å². The van der Waals surface area contributed by atoms with E-state index in [0.29, 0.717) is 6.61 Å². The Balaban J connectivity index is 2.00. The Labute approximate surface area is 106 Å². The zero-order valence-corrected chi connectivity index (χ0v) is 11.0. The molecule has 3 nitrogen and oxygen atoms in total. The number of rotatable bonds is 3. The molecule has 0 bridgehead atoms. The van der Waals surface area contributed by atoms with Crippen LogP contribution in [0.25, 0.3) is 5.57 Å². The molecule has 0 amide bonds. The summed E-state index contributed by atoms with van der Waals surface area (Å²) in [5, 5.41) is 3.16. The number of carbonyl (C=O) groups is 1. The van der Waals surface area contributed by atoms with Crippen LogP contribution in [0.15, 0.2) is 11.5 Å². The minimum atomic E-state index is -0.0573. The van der Waals surface area contributed by atoms with E-state index in [-0.39, 0.29) is 11.9 Å². The number of thiazole rings is 1.